The third kappa shape index (κ3) is 2.55. The van der Waals surface area contributed by atoms with Gasteiger partial charge in [0.2, 0.25) is 5.91 Å². The zero-order valence-electron chi connectivity index (χ0n) is 11.2. The summed E-state index contributed by atoms with van der Waals surface area (Å²) in [7, 11) is 1.73. The van der Waals surface area contributed by atoms with Gasteiger partial charge in [-0.1, -0.05) is 23.2 Å². The molecule has 0 N–H and O–H groups in total. The zero-order valence-corrected chi connectivity index (χ0v) is 12.7. The van der Waals surface area contributed by atoms with E-state index in [2.05, 4.69) is 0 Å². The number of benzene rings is 2. The normalized spacial score (nSPS) is 13.5. The van der Waals surface area contributed by atoms with Crippen molar-refractivity contribution < 1.29 is 9.59 Å². The first-order valence-electron chi connectivity index (χ1n) is 6.36. The molecule has 1 heterocycles. The number of carbonyl (C=O) groups excluding carboxylic acids is 2. The number of carbonyl (C=O) groups is 2. The molecule has 0 fully saturated rings. The summed E-state index contributed by atoms with van der Waals surface area (Å²) in [6, 6.07) is 10.0. The molecule has 0 bridgehead atoms. The Morgan fingerprint density at radius 3 is 2.38 bits per heavy atom. The molecule has 1 amide bonds. The lowest BCUT2D eigenvalue weighted by Gasteiger charge is -2.10. The number of rotatable bonds is 2. The van der Waals surface area contributed by atoms with Crippen molar-refractivity contribution >= 4 is 40.6 Å². The van der Waals surface area contributed by atoms with E-state index in [0.29, 0.717) is 27.6 Å². The number of hydrogen-bond acceptors (Lipinski definition) is 2. The Hall–Kier alpha value is -1.84. The lowest BCUT2D eigenvalue weighted by Crippen LogP contribution is -2.20. The van der Waals surface area contributed by atoms with Gasteiger partial charge in [0.1, 0.15) is 0 Å². The topological polar surface area (TPSA) is 37.4 Å². The van der Waals surface area contributed by atoms with Gasteiger partial charge >= 0.3 is 0 Å². The molecule has 0 radical (unpaired) electrons. The number of amides is 1. The molecule has 3 rings (SSSR count). The van der Waals surface area contributed by atoms with E-state index < -0.39 is 0 Å². The average Bonchev–Trinajstić information content (AvgIpc) is 2.71. The quantitative estimate of drug-likeness (QED) is 0.791. The number of ketones is 1. The molecule has 2 aromatic carbocycles. The van der Waals surface area contributed by atoms with E-state index in [0.717, 1.165) is 11.3 Å². The van der Waals surface area contributed by atoms with Crippen molar-refractivity contribution in [1.82, 2.24) is 0 Å². The Labute approximate surface area is 132 Å². The van der Waals surface area contributed by atoms with E-state index in [1.165, 1.54) is 0 Å². The van der Waals surface area contributed by atoms with Crippen molar-refractivity contribution in [3.8, 4) is 0 Å². The lowest BCUT2D eigenvalue weighted by molar-refractivity contribution is -0.117. The molecule has 0 saturated heterocycles. The highest BCUT2D eigenvalue weighted by atomic mass is 35.5. The SMILES string of the molecule is CN1C(=O)Cc2cc(C(=O)c3cc(Cl)cc(Cl)c3)ccc21. The van der Waals surface area contributed by atoms with Crippen molar-refractivity contribution in [3.63, 3.8) is 0 Å². The number of likely N-dealkylation sites (N-methyl/N-ethyl adjacent to an activating group) is 1. The van der Waals surface area contributed by atoms with Gasteiger partial charge in [0.05, 0.1) is 6.42 Å². The van der Waals surface area contributed by atoms with Crippen LogP contribution < -0.4 is 4.90 Å². The minimum absolute atomic E-state index is 0.0281. The van der Waals surface area contributed by atoms with E-state index in [4.69, 9.17) is 23.2 Å². The first-order valence-corrected chi connectivity index (χ1v) is 7.11. The van der Waals surface area contributed by atoms with E-state index in [9.17, 15) is 9.59 Å². The van der Waals surface area contributed by atoms with Crippen LogP contribution in [0.3, 0.4) is 0 Å². The van der Waals surface area contributed by atoms with Gasteiger partial charge < -0.3 is 4.90 Å². The fourth-order valence-corrected chi connectivity index (χ4v) is 2.99. The predicted octanol–water partition coefficient (Wildman–Crippen LogP) is 3.74. The Balaban J connectivity index is 2.00. The summed E-state index contributed by atoms with van der Waals surface area (Å²) >= 11 is 11.9. The molecule has 106 valence electrons. The summed E-state index contributed by atoms with van der Waals surface area (Å²) in [5.41, 5.74) is 2.67. The molecule has 0 unspecified atom stereocenters. The van der Waals surface area contributed by atoms with Crippen LogP contribution in [0.15, 0.2) is 36.4 Å². The summed E-state index contributed by atoms with van der Waals surface area (Å²) in [5, 5.41) is 0.837. The highest BCUT2D eigenvalue weighted by molar-refractivity contribution is 6.35. The van der Waals surface area contributed by atoms with Gasteiger partial charge in [-0.15, -0.1) is 0 Å². The Kier molecular flexibility index (Phi) is 3.47. The van der Waals surface area contributed by atoms with Gasteiger partial charge in [0.25, 0.3) is 0 Å². The Morgan fingerprint density at radius 2 is 1.71 bits per heavy atom. The molecule has 0 saturated carbocycles. The number of fused-ring (bicyclic) bond motifs is 1. The highest BCUT2D eigenvalue weighted by Crippen LogP contribution is 2.29. The number of nitrogens with zero attached hydrogens (tertiary/aromatic N) is 1. The fourth-order valence-electron chi connectivity index (χ4n) is 2.46. The summed E-state index contributed by atoms with van der Waals surface area (Å²) in [6.45, 7) is 0. The second kappa shape index (κ2) is 5.17. The van der Waals surface area contributed by atoms with E-state index in [-0.39, 0.29) is 11.7 Å². The molecule has 5 heteroatoms. The maximum absolute atomic E-state index is 12.5. The smallest absolute Gasteiger partial charge is 0.231 e. The van der Waals surface area contributed by atoms with Crippen molar-refractivity contribution in [3.05, 3.63) is 63.1 Å². The molecule has 0 spiro atoms. The molecular formula is C16H11Cl2NO2. The first-order chi connectivity index (χ1) is 9.95. The predicted molar refractivity (Wildman–Crippen MR) is 83.5 cm³/mol. The maximum atomic E-state index is 12.5. The maximum Gasteiger partial charge on any atom is 0.231 e. The first kappa shape index (κ1) is 14.1. The number of hydrogen-bond donors (Lipinski definition) is 0. The van der Waals surface area contributed by atoms with Crippen LogP contribution in [0.2, 0.25) is 10.0 Å². The fraction of sp³-hybridized carbons (Fsp3) is 0.125. The van der Waals surface area contributed by atoms with Gasteiger partial charge in [0, 0.05) is 33.9 Å². The molecule has 3 nitrogen and oxygen atoms in total. The number of halogens is 2. The van der Waals surface area contributed by atoms with Crippen LogP contribution in [-0.4, -0.2) is 18.7 Å². The van der Waals surface area contributed by atoms with Crippen LogP contribution in [0.4, 0.5) is 5.69 Å². The van der Waals surface area contributed by atoms with Gasteiger partial charge in [-0.25, -0.2) is 0 Å². The molecule has 21 heavy (non-hydrogen) atoms. The van der Waals surface area contributed by atoms with Gasteiger partial charge in [-0.2, -0.15) is 0 Å². The van der Waals surface area contributed by atoms with Gasteiger partial charge in [0.15, 0.2) is 5.78 Å². The van der Waals surface area contributed by atoms with Crippen LogP contribution in [0.5, 0.6) is 0 Å². The van der Waals surface area contributed by atoms with E-state index >= 15 is 0 Å². The van der Waals surface area contributed by atoms with Crippen LogP contribution in [-0.2, 0) is 11.2 Å². The highest BCUT2D eigenvalue weighted by Gasteiger charge is 2.25. The second-order valence-corrected chi connectivity index (χ2v) is 5.83. The molecule has 0 aliphatic carbocycles. The molecule has 0 atom stereocenters. The summed E-state index contributed by atoms with van der Waals surface area (Å²) < 4.78 is 0. The standard InChI is InChI=1S/C16H11Cl2NO2/c1-19-14-3-2-9(4-10(14)7-15(19)20)16(21)11-5-12(17)8-13(18)6-11/h2-6,8H,7H2,1H3. The summed E-state index contributed by atoms with van der Waals surface area (Å²) in [4.78, 5) is 25.8. The number of anilines is 1. The van der Waals surface area contributed by atoms with Gasteiger partial charge in [-0.3, -0.25) is 9.59 Å². The minimum atomic E-state index is -0.163. The van der Waals surface area contributed by atoms with Crippen LogP contribution in [0.25, 0.3) is 0 Å². The largest absolute Gasteiger partial charge is 0.315 e. The summed E-state index contributed by atoms with van der Waals surface area (Å²) in [6.07, 6.45) is 0.323. The van der Waals surface area contributed by atoms with Crippen LogP contribution >= 0.6 is 23.2 Å². The van der Waals surface area contributed by atoms with Crippen LogP contribution in [0, 0.1) is 0 Å². The zero-order chi connectivity index (χ0) is 15.1. The Bertz CT molecular complexity index is 751. The van der Waals surface area contributed by atoms with E-state index in [1.807, 2.05) is 0 Å². The average molecular weight is 320 g/mol. The van der Waals surface area contributed by atoms with Crippen molar-refractivity contribution in [2.75, 3.05) is 11.9 Å². The monoisotopic (exact) mass is 319 g/mol. The molecule has 1 aliphatic heterocycles. The summed E-state index contributed by atoms with van der Waals surface area (Å²) in [5.74, 6) is -0.135. The van der Waals surface area contributed by atoms with Crippen LogP contribution in [0.1, 0.15) is 21.5 Å². The van der Waals surface area contributed by atoms with Crippen molar-refractivity contribution in [2.24, 2.45) is 0 Å². The third-order valence-electron chi connectivity index (χ3n) is 3.54. The van der Waals surface area contributed by atoms with E-state index in [1.54, 1.807) is 48.3 Å². The Morgan fingerprint density at radius 1 is 1.05 bits per heavy atom. The molecule has 2 aromatic rings. The second-order valence-electron chi connectivity index (χ2n) is 4.96. The van der Waals surface area contributed by atoms with Crippen molar-refractivity contribution in [2.45, 2.75) is 6.42 Å². The molecular weight excluding hydrogens is 309 g/mol. The third-order valence-corrected chi connectivity index (χ3v) is 3.98. The molecule has 1 aliphatic rings. The molecule has 0 aromatic heterocycles. The lowest BCUT2D eigenvalue weighted by atomic mass is 10.0. The van der Waals surface area contributed by atoms with Gasteiger partial charge in [-0.05, 0) is 42.0 Å². The van der Waals surface area contributed by atoms with Crippen molar-refractivity contribution in [1.29, 1.82) is 0 Å². The minimum Gasteiger partial charge on any atom is -0.315 e.